The summed E-state index contributed by atoms with van der Waals surface area (Å²) in [6, 6.07) is 3.60. The van der Waals surface area contributed by atoms with Gasteiger partial charge in [-0.15, -0.1) is 0 Å². The average Bonchev–Trinajstić information content (AvgIpc) is 3.79. The fourth-order valence-electron chi connectivity index (χ4n) is 7.70. The van der Waals surface area contributed by atoms with Crippen LogP contribution >= 0.6 is 0 Å². The van der Waals surface area contributed by atoms with Crippen molar-refractivity contribution in [2.75, 3.05) is 59.0 Å². The maximum atomic E-state index is 14.1. The van der Waals surface area contributed by atoms with Crippen molar-refractivity contribution in [2.45, 2.75) is 62.6 Å². The average molecular weight is 703 g/mol. The van der Waals surface area contributed by atoms with Gasteiger partial charge in [0.15, 0.2) is 11.6 Å². The molecule has 2 aromatic carbocycles. The van der Waals surface area contributed by atoms with E-state index in [2.05, 4.69) is 9.80 Å². The van der Waals surface area contributed by atoms with Crippen LogP contribution in [0.15, 0.2) is 36.4 Å². The topological polar surface area (TPSA) is 56.3 Å². The molecule has 4 aliphatic rings. The normalized spacial score (nSPS) is 26.0. The molecular weight excluding hydrogens is 664 g/mol. The predicted molar refractivity (Wildman–Crippen MR) is 161 cm³/mol. The molecule has 0 aliphatic carbocycles. The molecule has 0 spiro atoms. The highest BCUT2D eigenvalue weighted by Gasteiger charge is 2.41. The van der Waals surface area contributed by atoms with Crippen LogP contribution in [-0.4, -0.2) is 109 Å². The van der Waals surface area contributed by atoms with Gasteiger partial charge in [0.25, 0.3) is 5.91 Å². The van der Waals surface area contributed by atoms with Crippen LogP contribution in [-0.2, 0) is 28.3 Å². The van der Waals surface area contributed by atoms with Crippen LogP contribution in [0.1, 0.15) is 52.7 Å². The van der Waals surface area contributed by atoms with Crippen molar-refractivity contribution in [3.63, 3.8) is 0 Å². The Balaban J connectivity index is 1.15. The SMILES string of the molecule is O=C(C1CCOC1)N1CC[C@H](N2CCN([C@@H]3CCN(C(=O)c4cc(C(F)(F)F)cc(C(F)(F)F)c4)[C@H](Cc4ccc(F)c(F)c4)C3)CC2)C1. The summed E-state index contributed by atoms with van der Waals surface area (Å²) >= 11 is 0. The van der Waals surface area contributed by atoms with Crippen LogP contribution in [0, 0.1) is 17.6 Å². The predicted octanol–water partition coefficient (Wildman–Crippen LogP) is 5.47. The molecule has 4 atom stereocenters. The highest BCUT2D eigenvalue weighted by atomic mass is 19.4. The Morgan fingerprint density at radius 1 is 0.755 bits per heavy atom. The lowest BCUT2D eigenvalue weighted by molar-refractivity contribution is -0.143. The molecular formula is C34H38F8N4O3. The number of amides is 2. The molecule has 0 N–H and O–H groups in total. The fourth-order valence-corrected chi connectivity index (χ4v) is 7.70. The number of carbonyl (C=O) groups excluding carboxylic acids is 2. The summed E-state index contributed by atoms with van der Waals surface area (Å²) in [5.41, 5.74) is -3.57. The number of hydrogen-bond acceptors (Lipinski definition) is 5. The molecule has 4 fully saturated rings. The quantitative estimate of drug-likeness (QED) is 0.374. The summed E-state index contributed by atoms with van der Waals surface area (Å²) in [5.74, 6) is -3.09. The van der Waals surface area contributed by atoms with Crippen molar-refractivity contribution in [3.8, 4) is 0 Å². The first-order valence-electron chi connectivity index (χ1n) is 16.6. The zero-order valence-corrected chi connectivity index (χ0v) is 26.7. The highest BCUT2D eigenvalue weighted by Crippen LogP contribution is 2.37. The van der Waals surface area contributed by atoms with Crippen LogP contribution in [0.5, 0.6) is 0 Å². The monoisotopic (exact) mass is 702 g/mol. The Morgan fingerprint density at radius 2 is 1.39 bits per heavy atom. The zero-order valence-electron chi connectivity index (χ0n) is 26.7. The van der Waals surface area contributed by atoms with Crippen LogP contribution in [0.4, 0.5) is 35.1 Å². The minimum absolute atomic E-state index is 0.0208. The van der Waals surface area contributed by atoms with Crippen molar-refractivity contribution < 1.29 is 49.4 Å². The lowest BCUT2D eigenvalue weighted by Gasteiger charge is -2.47. The second-order valence-corrected chi connectivity index (χ2v) is 13.4. The molecule has 2 amide bonds. The summed E-state index contributed by atoms with van der Waals surface area (Å²) < 4.78 is 115. The number of hydrogen-bond donors (Lipinski definition) is 0. The number of piperazine rings is 1. The summed E-state index contributed by atoms with van der Waals surface area (Å²) in [4.78, 5) is 34.4. The smallest absolute Gasteiger partial charge is 0.381 e. The van der Waals surface area contributed by atoms with E-state index in [1.807, 2.05) is 4.90 Å². The first-order valence-corrected chi connectivity index (χ1v) is 16.6. The van der Waals surface area contributed by atoms with Gasteiger partial charge in [-0.2, -0.15) is 26.3 Å². The molecule has 4 aliphatic heterocycles. The van der Waals surface area contributed by atoms with Gasteiger partial charge in [0.2, 0.25) is 5.91 Å². The third-order valence-corrected chi connectivity index (χ3v) is 10.4. The summed E-state index contributed by atoms with van der Waals surface area (Å²) in [6.07, 6.45) is -7.81. The van der Waals surface area contributed by atoms with E-state index in [4.69, 9.17) is 4.74 Å². The molecule has 7 nitrogen and oxygen atoms in total. The molecule has 0 radical (unpaired) electrons. The van der Waals surface area contributed by atoms with Gasteiger partial charge in [-0.25, -0.2) is 8.78 Å². The second-order valence-electron chi connectivity index (χ2n) is 13.4. The Morgan fingerprint density at radius 3 is 1.98 bits per heavy atom. The van der Waals surface area contributed by atoms with E-state index in [9.17, 15) is 44.7 Å². The van der Waals surface area contributed by atoms with E-state index >= 15 is 0 Å². The minimum atomic E-state index is -5.12. The number of piperidine rings is 1. The fraction of sp³-hybridized carbons (Fsp3) is 0.588. The van der Waals surface area contributed by atoms with Crippen LogP contribution in [0.3, 0.4) is 0 Å². The number of nitrogens with zero attached hydrogens (tertiary/aromatic N) is 4. The molecule has 6 rings (SSSR count). The largest absolute Gasteiger partial charge is 0.416 e. The molecule has 4 heterocycles. The molecule has 49 heavy (non-hydrogen) atoms. The van der Waals surface area contributed by atoms with Gasteiger partial charge in [0.05, 0.1) is 23.7 Å². The van der Waals surface area contributed by atoms with E-state index < -0.39 is 52.6 Å². The number of carbonyl (C=O) groups is 2. The van der Waals surface area contributed by atoms with Crippen molar-refractivity contribution in [2.24, 2.45) is 5.92 Å². The van der Waals surface area contributed by atoms with Gasteiger partial charge in [-0.05, 0) is 68.0 Å². The van der Waals surface area contributed by atoms with Crippen molar-refractivity contribution in [3.05, 3.63) is 70.3 Å². The highest BCUT2D eigenvalue weighted by molar-refractivity contribution is 5.95. The van der Waals surface area contributed by atoms with E-state index in [0.29, 0.717) is 69.9 Å². The Bertz CT molecular complexity index is 1490. The molecule has 0 aromatic heterocycles. The number of benzene rings is 2. The van der Waals surface area contributed by atoms with Crippen LogP contribution < -0.4 is 0 Å². The lowest BCUT2D eigenvalue weighted by atomic mass is 9.90. The van der Waals surface area contributed by atoms with E-state index in [-0.39, 0.29) is 42.9 Å². The van der Waals surface area contributed by atoms with Crippen molar-refractivity contribution in [1.82, 2.24) is 19.6 Å². The number of likely N-dealkylation sites (tertiary alicyclic amines) is 2. The Hall–Kier alpha value is -3.30. The number of alkyl halides is 6. The summed E-state index contributed by atoms with van der Waals surface area (Å²) in [6.45, 7) is 5.38. The lowest BCUT2D eigenvalue weighted by Crippen LogP contribution is -2.58. The van der Waals surface area contributed by atoms with E-state index in [1.165, 1.54) is 11.0 Å². The molecule has 268 valence electrons. The Labute approximate surface area is 278 Å². The number of rotatable bonds is 6. The first kappa shape index (κ1) is 35.5. The third kappa shape index (κ3) is 8.04. The van der Waals surface area contributed by atoms with Crippen LogP contribution in [0.25, 0.3) is 0 Å². The van der Waals surface area contributed by atoms with Crippen molar-refractivity contribution >= 4 is 11.8 Å². The van der Waals surface area contributed by atoms with E-state index in [0.717, 1.165) is 38.1 Å². The van der Waals surface area contributed by atoms with Gasteiger partial charge < -0.3 is 14.5 Å². The van der Waals surface area contributed by atoms with E-state index in [1.54, 1.807) is 0 Å². The van der Waals surface area contributed by atoms with Gasteiger partial charge in [0, 0.05) is 76.1 Å². The van der Waals surface area contributed by atoms with Crippen LogP contribution in [0.2, 0.25) is 0 Å². The maximum absolute atomic E-state index is 14.1. The summed E-state index contributed by atoms with van der Waals surface area (Å²) in [5, 5.41) is 0. The maximum Gasteiger partial charge on any atom is 0.416 e. The zero-order chi connectivity index (χ0) is 35.1. The molecule has 4 saturated heterocycles. The molecule has 2 aromatic rings. The third-order valence-electron chi connectivity index (χ3n) is 10.4. The molecule has 1 unspecified atom stereocenters. The second kappa shape index (κ2) is 14.1. The van der Waals surface area contributed by atoms with Gasteiger partial charge in [-0.3, -0.25) is 19.4 Å². The molecule has 0 saturated carbocycles. The minimum Gasteiger partial charge on any atom is -0.381 e. The van der Waals surface area contributed by atoms with Gasteiger partial charge in [-0.1, -0.05) is 6.07 Å². The van der Waals surface area contributed by atoms with Gasteiger partial charge in [0.1, 0.15) is 0 Å². The van der Waals surface area contributed by atoms with Crippen molar-refractivity contribution in [1.29, 1.82) is 0 Å². The standard InChI is InChI=1S/C34H38F8N4O3/c35-29-2-1-21(14-30(29)36)13-28-18-26(4-7-46(28)32(48)23-15-24(33(37,38)39)17-25(16-23)34(40,41)42)43-8-10-44(11-9-43)27-3-6-45(19-27)31(47)22-5-12-49-20-22/h1-2,14-17,22,26-28H,3-13,18-20H2/t22?,26-,27+,28-/m1/s1. The molecule has 15 heteroatoms. The number of halogens is 8. The Kier molecular flexibility index (Phi) is 10.3. The van der Waals surface area contributed by atoms with Gasteiger partial charge >= 0.3 is 12.4 Å². The number of ether oxygens (including phenoxy) is 1. The summed E-state index contributed by atoms with van der Waals surface area (Å²) in [7, 11) is 0. The molecule has 0 bridgehead atoms. The first-order chi connectivity index (χ1) is 23.2.